The number of amides is 1. The van der Waals surface area contributed by atoms with Crippen molar-refractivity contribution in [3.63, 3.8) is 0 Å². The summed E-state index contributed by atoms with van der Waals surface area (Å²) < 4.78 is 28.9. The summed E-state index contributed by atoms with van der Waals surface area (Å²) in [7, 11) is 0. The second kappa shape index (κ2) is 7.52. The molecule has 1 heterocycles. The van der Waals surface area contributed by atoms with E-state index in [0.29, 0.717) is 16.9 Å². The van der Waals surface area contributed by atoms with Gasteiger partial charge in [0.2, 0.25) is 0 Å². The minimum atomic E-state index is -0.378. The first-order chi connectivity index (χ1) is 13.6. The van der Waals surface area contributed by atoms with E-state index < -0.39 is 0 Å². The highest BCUT2D eigenvalue weighted by Gasteiger charge is 2.16. The number of hydrogen-bond acceptors (Lipinski definition) is 2. The highest BCUT2D eigenvalue weighted by atomic mass is 19.1. The normalized spacial score (nSPS) is 10.8. The van der Waals surface area contributed by atoms with Crippen LogP contribution in [0.1, 0.15) is 16.1 Å². The van der Waals surface area contributed by atoms with Gasteiger partial charge in [0.05, 0.1) is 12.2 Å². The lowest BCUT2D eigenvalue weighted by molar-refractivity contribution is 0.0954. The number of aromatic nitrogens is 1. The maximum Gasteiger partial charge on any atom is 0.286 e. The van der Waals surface area contributed by atoms with Gasteiger partial charge in [0.15, 0.2) is 0 Å². The van der Waals surface area contributed by atoms with E-state index in [1.807, 2.05) is 24.3 Å². The molecule has 1 aromatic heterocycles. The number of hydrogen-bond donors (Lipinski definition) is 2. The van der Waals surface area contributed by atoms with Gasteiger partial charge in [0, 0.05) is 16.5 Å². The van der Waals surface area contributed by atoms with E-state index in [2.05, 4.69) is 10.9 Å². The molecule has 0 atom stereocenters. The Kier molecular flexibility index (Phi) is 4.76. The Balaban J connectivity index is 1.65. The molecule has 0 saturated carbocycles. The van der Waals surface area contributed by atoms with E-state index in [-0.39, 0.29) is 24.1 Å². The summed E-state index contributed by atoms with van der Waals surface area (Å²) >= 11 is 0. The third-order valence-corrected chi connectivity index (χ3v) is 4.49. The van der Waals surface area contributed by atoms with Crippen molar-refractivity contribution in [3.05, 3.63) is 102 Å². The van der Waals surface area contributed by atoms with Crippen molar-refractivity contribution in [2.24, 2.45) is 0 Å². The van der Waals surface area contributed by atoms with Crippen LogP contribution in [0.25, 0.3) is 10.9 Å². The van der Waals surface area contributed by atoms with Crippen molar-refractivity contribution in [2.45, 2.75) is 6.54 Å². The summed E-state index contributed by atoms with van der Waals surface area (Å²) in [6.45, 7) is 0.222. The van der Waals surface area contributed by atoms with Crippen LogP contribution in [0.15, 0.2) is 78.9 Å². The summed E-state index contributed by atoms with van der Waals surface area (Å²) in [5, 5.41) is 0.880. The van der Waals surface area contributed by atoms with Gasteiger partial charge in [-0.05, 0) is 42.5 Å². The lowest BCUT2D eigenvalue weighted by Crippen LogP contribution is -2.31. The summed E-state index contributed by atoms with van der Waals surface area (Å²) in [6, 6.07) is 21.4. The molecule has 0 bridgehead atoms. The second-order valence-corrected chi connectivity index (χ2v) is 6.35. The predicted molar refractivity (Wildman–Crippen MR) is 105 cm³/mol. The molecule has 4 nitrogen and oxygen atoms in total. The van der Waals surface area contributed by atoms with Gasteiger partial charge in [0.1, 0.15) is 17.3 Å². The number of carbonyl (C=O) groups excluding carboxylic acids is 1. The third kappa shape index (κ3) is 3.57. The van der Waals surface area contributed by atoms with E-state index in [9.17, 15) is 13.6 Å². The molecule has 0 aliphatic rings. The summed E-state index contributed by atoms with van der Waals surface area (Å²) in [5.41, 5.74) is 7.63. The quantitative estimate of drug-likeness (QED) is 0.494. The predicted octanol–water partition coefficient (Wildman–Crippen LogP) is 4.72. The molecule has 6 heteroatoms. The first-order valence-corrected chi connectivity index (χ1v) is 8.75. The summed E-state index contributed by atoms with van der Waals surface area (Å²) in [4.78, 5) is 12.8. The Morgan fingerprint density at radius 2 is 1.61 bits per heavy atom. The molecular formula is C22H17F2N3O. The molecule has 0 saturated heterocycles. The summed E-state index contributed by atoms with van der Waals surface area (Å²) in [5.74, 6) is -1.06. The van der Waals surface area contributed by atoms with Crippen LogP contribution < -0.4 is 10.9 Å². The first kappa shape index (κ1) is 17.7. The monoisotopic (exact) mass is 377 g/mol. The molecule has 28 heavy (non-hydrogen) atoms. The Bertz CT molecular complexity index is 1140. The minimum Gasteiger partial charge on any atom is -0.332 e. The number of para-hydroxylation sites is 1. The fraction of sp³-hybridized carbons (Fsp3) is 0.0455. The third-order valence-electron chi connectivity index (χ3n) is 4.49. The number of nitrogens with one attached hydrogen (secondary N) is 2. The minimum absolute atomic E-state index is 0.222. The number of rotatable bonds is 5. The van der Waals surface area contributed by atoms with Gasteiger partial charge in [-0.3, -0.25) is 15.6 Å². The molecule has 0 unspecified atom stereocenters. The Labute approximate surface area is 160 Å². The Hall–Kier alpha value is -3.67. The number of hydrazine groups is 1. The number of nitrogens with zero attached hydrogens (tertiary/aromatic N) is 1. The van der Waals surface area contributed by atoms with Crippen LogP contribution in [0.4, 0.5) is 14.5 Å². The van der Waals surface area contributed by atoms with Crippen molar-refractivity contribution in [3.8, 4) is 0 Å². The van der Waals surface area contributed by atoms with Crippen molar-refractivity contribution in [2.75, 3.05) is 5.43 Å². The SMILES string of the molecule is O=C(NNc1ccc(F)cc1)c1cc2ccccc2n1Cc1ccccc1F. The standard InChI is InChI=1S/C22H17F2N3O/c23-17-9-11-18(12-10-17)25-26-22(28)21-13-15-5-2-4-8-20(15)27(21)14-16-6-1-3-7-19(16)24/h1-13,25H,14H2,(H,26,28). The van der Waals surface area contributed by atoms with Crippen LogP contribution in [0.2, 0.25) is 0 Å². The lowest BCUT2D eigenvalue weighted by atomic mass is 10.2. The van der Waals surface area contributed by atoms with Gasteiger partial charge in [-0.1, -0.05) is 36.4 Å². The molecule has 140 valence electrons. The average molecular weight is 377 g/mol. The highest BCUT2D eigenvalue weighted by Crippen LogP contribution is 2.22. The largest absolute Gasteiger partial charge is 0.332 e. The van der Waals surface area contributed by atoms with Crippen LogP contribution in [0.3, 0.4) is 0 Å². The lowest BCUT2D eigenvalue weighted by Gasteiger charge is -2.13. The molecule has 1 amide bonds. The summed E-state index contributed by atoms with van der Waals surface area (Å²) in [6.07, 6.45) is 0. The molecule has 0 radical (unpaired) electrons. The molecule has 0 fully saturated rings. The number of fused-ring (bicyclic) bond motifs is 1. The van der Waals surface area contributed by atoms with Gasteiger partial charge >= 0.3 is 0 Å². The van der Waals surface area contributed by atoms with Crippen molar-refractivity contribution >= 4 is 22.5 Å². The number of carbonyl (C=O) groups is 1. The molecule has 0 aliphatic heterocycles. The van der Waals surface area contributed by atoms with Crippen molar-refractivity contribution < 1.29 is 13.6 Å². The van der Waals surface area contributed by atoms with Crippen LogP contribution >= 0.6 is 0 Å². The average Bonchev–Trinajstić information content (AvgIpc) is 3.08. The molecule has 3 aromatic carbocycles. The molecular weight excluding hydrogens is 360 g/mol. The van der Waals surface area contributed by atoms with E-state index in [1.165, 1.54) is 30.3 Å². The second-order valence-electron chi connectivity index (χ2n) is 6.35. The number of halogens is 2. The van der Waals surface area contributed by atoms with Crippen LogP contribution in [0, 0.1) is 11.6 Å². The molecule has 4 rings (SSSR count). The molecule has 0 aliphatic carbocycles. The highest BCUT2D eigenvalue weighted by molar-refractivity contribution is 5.99. The van der Waals surface area contributed by atoms with E-state index >= 15 is 0 Å². The molecule has 0 spiro atoms. The smallest absolute Gasteiger partial charge is 0.286 e. The Morgan fingerprint density at radius 3 is 2.39 bits per heavy atom. The van der Waals surface area contributed by atoms with Gasteiger partial charge < -0.3 is 4.57 Å². The van der Waals surface area contributed by atoms with Crippen molar-refractivity contribution in [1.82, 2.24) is 9.99 Å². The zero-order valence-electron chi connectivity index (χ0n) is 14.8. The fourth-order valence-corrected chi connectivity index (χ4v) is 3.09. The van der Waals surface area contributed by atoms with Crippen molar-refractivity contribution in [1.29, 1.82) is 0 Å². The number of anilines is 1. The first-order valence-electron chi connectivity index (χ1n) is 8.75. The van der Waals surface area contributed by atoms with Gasteiger partial charge in [-0.25, -0.2) is 8.78 Å². The maximum atomic E-state index is 14.2. The van der Waals surface area contributed by atoms with Crippen LogP contribution in [-0.2, 0) is 6.54 Å². The topological polar surface area (TPSA) is 46.1 Å². The van der Waals surface area contributed by atoms with Gasteiger partial charge in [-0.2, -0.15) is 0 Å². The fourth-order valence-electron chi connectivity index (χ4n) is 3.09. The molecule has 4 aromatic rings. The zero-order valence-corrected chi connectivity index (χ0v) is 14.8. The van der Waals surface area contributed by atoms with E-state index in [0.717, 1.165) is 10.9 Å². The molecule has 2 N–H and O–H groups in total. The maximum absolute atomic E-state index is 14.2. The van der Waals surface area contributed by atoms with Crippen LogP contribution in [0.5, 0.6) is 0 Å². The van der Waals surface area contributed by atoms with E-state index in [1.54, 1.807) is 28.8 Å². The van der Waals surface area contributed by atoms with E-state index in [4.69, 9.17) is 0 Å². The Morgan fingerprint density at radius 1 is 0.893 bits per heavy atom. The zero-order chi connectivity index (χ0) is 19.5. The van der Waals surface area contributed by atoms with Crippen LogP contribution in [-0.4, -0.2) is 10.5 Å². The van der Waals surface area contributed by atoms with Gasteiger partial charge in [-0.15, -0.1) is 0 Å². The van der Waals surface area contributed by atoms with Gasteiger partial charge in [0.25, 0.3) is 5.91 Å². The number of benzene rings is 3.